The van der Waals surface area contributed by atoms with Crippen molar-refractivity contribution in [2.75, 3.05) is 30.9 Å². The van der Waals surface area contributed by atoms with Crippen LogP contribution in [0.5, 0.6) is 0 Å². The number of unbranched alkanes of at least 4 members (excludes halogenated alkanes) is 2. The number of nitrogens with two attached hydrogens (primary N) is 1. The molecule has 4 nitrogen and oxygen atoms in total. The first kappa shape index (κ1) is 15.5. The van der Waals surface area contributed by atoms with Crippen molar-refractivity contribution in [1.29, 1.82) is 0 Å². The standard InChI is InChI=1S/C15H25N3O/c1-12-8-9-13(11-14(12)18(2)3)17-15(19)7-5-4-6-10-16/h8-9,11H,4-7,10,16H2,1-3H3,(H,17,19). The first-order valence-electron chi connectivity index (χ1n) is 6.82. The fraction of sp³-hybridized carbons (Fsp3) is 0.533. The summed E-state index contributed by atoms with van der Waals surface area (Å²) in [6, 6.07) is 5.98. The third-order valence-electron chi connectivity index (χ3n) is 3.08. The molecule has 0 unspecified atom stereocenters. The molecule has 0 spiro atoms. The Labute approximate surface area is 116 Å². The molecule has 0 atom stereocenters. The molecular formula is C15H25N3O. The van der Waals surface area contributed by atoms with E-state index in [1.54, 1.807) is 0 Å². The lowest BCUT2D eigenvalue weighted by Gasteiger charge is -2.17. The molecule has 0 fully saturated rings. The smallest absolute Gasteiger partial charge is 0.224 e. The summed E-state index contributed by atoms with van der Waals surface area (Å²) in [4.78, 5) is 13.8. The first-order valence-corrected chi connectivity index (χ1v) is 6.82. The average molecular weight is 263 g/mol. The second-order valence-electron chi connectivity index (χ2n) is 5.04. The van der Waals surface area contributed by atoms with E-state index in [0.717, 1.165) is 30.6 Å². The van der Waals surface area contributed by atoms with Crippen LogP contribution in [0, 0.1) is 6.92 Å². The molecule has 0 heterocycles. The highest BCUT2D eigenvalue weighted by atomic mass is 16.1. The van der Waals surface area contributed by atoms with Crippen molar-refractivity contribution < 1.29 is 4.79 Å². The van der Waals surface area contributed by atoms with Crippen molar-refractivity contribution in [3.63, 3.8) is 0 Å². The number of nitrogens with zero attached hydrogens (tertiary/aromatic N) is 1. The van der Waals surface area contributed by atoms with E-state index in [4.69, 9.17) is 5.73 Å². The fourth-order valence-corrected chi connectivity index (χ4v) is 2.00. The number of nitrogens with one attached hydrogen (secondary N) is 1. The Bertz CT molecular complexity index is 416. The largest absolute Gasteiger partial charge is 0.377 e. The molecule has 0 bridgehead atoms. The van der Waals surface area contributed by atoms with Crippen LogP contribution in [0.2, 0.25) is 0 Å². The first-order chi connectivity index (χ1) is 9.04. The van der Waals surface area contributed by atoms with Gasteiger partial charge in [-0.05, 0) is 44.0 Å². The molecule has 1 amide bonds. The van der Waals surface area contributed by atoms with Crippen molar-refractivity contribution in [3.05, 3.63) is 23.8 Å². The second-order valence-corrected chi connectivity index (χ2v) is 5.04. The molecule has 0 aliphatic heterocycles. The highest BCUT2D eigenvalue weighted by molar-refractivity contribution is 5.91. The van der Waals surface area contributed by atoms with Crippen LogP contribution < -0.4 is 16.0 Å². The Kier molecular flexibility index (Phi) is 6.36. The molecule has 0 saturated heterocycles. The summed E-state index contributed by atoms with van der Waals surface area (Å²) >= 11 is 0. The molecule has 4 heteroatoms. The molecule has 0 aliphatic rings. The third-order valence-corrected chi connectivity index (χ3v) is 3.08. The van der Waals surface area contributed by atoms with Crippen LogP contribution in [0.3, 0.4) is 0 Å². The molecule has 106 valence electrons. The Hall–Kier alpha value is -1.55. The number of carbonyl (C=O) groups excluding carboxylic acids is 1. The van der Waals surface area contributed by atoms with Crippen LogP contribution in [-0.2, 0) is 4.79 Å². The minimum absolute atomic E-state index is 0.0746. The maximum Gasteiger partial charge on any atom is 0.224 e. The molecule has 0 saturated carbocycles. The van der Waals surface area contributed by atoms with Gasteiger partial charge in [0, 0.05) is 31.9 Å². The van der Waals surface area contributed by atoms with E-state index < -0.39 is 0 Å². The molecule has 0 aliphatic carbocycles. The lowest BCUT2D eigenvalue weighted by Crippen LogP contribution is -2.14. The summed E-state index contributed by atoms with van der Waals surface area (Å²) < 4.78 is 0. The Morgan fingerprint density at radius 1 is 1.26 bits per heavy atom. The van der Waals surface area contributed by atoms with Gasteiger partial charge in [0.2, 0.25) is 5.91 Å². The third kappa shape index (κ3) is 5.30. The molecule has 0 radical (unpaired) electrons. The lowest BCUT2D eigenvalue weighted by molar-refractivity contribution is -0.116. The van der Waals surface area contributed by atoms with Crippen molar-refractivity contribution >= 4 is 17.3 Å². The van der Waals surface area contributed by atoms with E-state index in [9.17, 15) is 4.79 Å². The SMILES string of the molecule is Cc1ccc(NC(=O)CCCCCN)cc1N(C)C. The van der Waals surface area contributed by atoms with E-state index in [2.05, 4.69) is 12.2 Å². The highest BCUT2D eigenvalue weighted by Crippen LogP contribution is 2.22. The predicted molar refractivity (Wildman–Crippen MR) is 81.7 cm³/mol. The van der Waals surface area contributed by atoms with E-state index in [0.29, 0.717) is 13.0 Å². The zero-order valence-electron chi connectivity index (χ0n) is 12.2. The van der Waals surface area contributed by atoms with Gasteiger partial charge in [0.15, 0.2) is 0 Å². The van der Waals surface area contributed by atoms with Crippen LogP contribution in [-0.4, -0.2) is 26.5 Å². The normalized spacial score (nSPS) is 10.3. The summed E-state index contributed by atoms with van der Waals surface area (Å²) in [6.07, 6.45) is 3.46. The average Bonchev–Trinajstić information content (AvgIpc) is 2.36. The quantitative estimate of drug-likeness (QED) is 0.743. The second kappa shape index (κ2) is 7.79. The van der Waals surface area contributed by atoms with Gasteiger partial charge in [0.25, 0.3) is 0 Å². The minimum atomic E-state index is 0.0746. The Balaban J connectivity index is 2.52. The lowest BCUT2D eigenvalue weighted by atomic mass is 10.1. The number of aryl methyl sites for hydroxylation is 1. The number of amides is 1. The van der Waals surface area contributed by atoms with Crippen molar-refractivity contribution in [2.24, 2.45) is 5.73 Å². The van der Waals surface area contributed by atoms with Gasteiger partial charge >= 0.3 is 0 Å². The number of carbonyl (C=O) groups is 1. The van der Waals surface area contributed by atoms with E-state index in [1.165, 1.54) is 5.56 Å². The number of hydrogen-bond donors (Lipinski definition) is 2. The Morgan fingerprint density at radius 3 is 2.63 bits per heavy atom. The maximum atomic E-state index is 11.8. The summed E-state index contributed by atoms with van der Waals surface area (Å²) in [5.74, 6) is 0.0746. The zero-order valence-corrected chi connectivity index (χ0v) is 12.2. The zero-order chi connectivity index (χ0) is 14.3. The molecule has 1 aromatic rings. The highest BCUT2D eigenvalue weighted by Gasteiger charge is 2.05. The summed E-state index contributed by atoms with van der Waals surface area (Å²) in [5, 5.41) is 2.94. The van der Waals surface area contributed by atoms with E-state index in [-0.39, 0.29) is 5.91 Å². The Morgan fingerprint density at radius 2 is 2.00 bits per heavy atom. The van der Waals surface area contributed by atoms with Crippen LogP contribution in [0.15, 0.2) is 18.2 Å². The number of anilines is 2. The van der Waals surface area contributed by atoms with Gasteiger partial charge in [-0.25, -0.2) is 0 Å². The monoisotopic (exact) mass is 263 g/mol. The summed E-state index contributed by atoms with van der Waals surface area (Å²) in [7, 11) is 4.00. The van der Waals surface area contributed by atoms with Crippen LogP contribution in [0.4, 0.5) is 11.4 Å². The van der Waals surface area contributed by atoms with Gasteiger partial charge in [-0.1, -0.05) is 12.5 Å². The molecule has 19 heavy (non-hydrogen) atoms. The van der Waals surface area contributed by atoms with Gasteiger partial charge in [-0.2, -0.15) is 0 Å². The molecule has 1 aromatic carbocycles. The van der Waals surface area contributed by atoms with Crippen LogP contribution in [0.1, 0.15) is 31.2 Å². The molecule has 0 aromatic heterocycles. The molecule has 3 N–H and O–H groups in total. The number of hydrogen-bond acceptors (Lipinski definition) is 3. The van der Waals surface area contributed by atoms with Crippen LogP contribution >= 0.6 is 0 Å². The van der Waals surface area contributed by atoms with Gasteiger partial charge in [0.05, 0.1) is 0 Å². The predicted octanol–water partition coefficient (Wildman–Crippen LogP) is 2.52. The number of rotatable bonds is 7. The maximum absolute atomic E-state index is 11.8. The van der Waals surface area contributed by atoms with E-state index in [1.807, 2.05) is 37.2 Å². The topological polar surface area (TPSA) is 58.4 Å². The summed E-state index contributed by atoms with van der Waals surface area (Å²) in [5.41, 5.74) is 8.61. The van der Waals surface area contributed by atoms with Gasteiger partial charge in [-0.15, -0.1) is 0 Å². The van der Waals surface area contributed by atoms with Crippen molar-refractivity contribution in [3.8, 4) is 0 Å². The minimum Gasteiger partial charge on any atom is -0.377 e. The van der Waals surface area contributed by atoms with Gasteiger partial charge in [-0.3, -0.25) is 4.79 Å². The van der Waals surface area contributed by atoms with Gasteiger partial charge < -0.3 is 16.0 Å². The van der Waals surface area contributed by atoms with Crippen molar-refractivity contribution in [1.82, 2.24) is 0 Å². The molecular weight excluding hydrogens is 238 g/mol. The number of benzene rings is 1. The fourth-order valence-electron chi connectivity index (χ4n) is 2.00. The van der Waals surface area contributed by atoms with E-state index >= 15 is 0 Å². The van der Waals surface area contributed by atoms with Crippen LogP contribution in [0.25, 0.3) is 0 Å². The van der Waals surface area contributed by atoms with Crippen molar-refractivity contribution in [2.45, 2.75) is 32.6 Å². The van der Waals surface area contributed by atoms with Gasteiger partial charge in [0.1, 0.15) is 0 Å². The molecule has 1 rings (SSSR count). The summed E-state index contributed by atoms with van der Waals surface area (Å²) in [6.45, 7) is 2.76.